The number of sulfone groups is 1. The quantitative estimate of drug-likeness (QED) is 0.749. The molecule has 0 N–H and O–H groups in total. The summed E-state index contributed by atoms with van der Waals surface area (Å²) in [5, 5.41) is 0. The average Bonchev–Trinajstić information content (AvgIpc) is 2.71. The van der Waals surface area contributed by atoms with E-state index < -0.39 is 9.84 Å². The summed E-state index contributed by atoms with van der Waals surface area (Å²) in [6.07, 6.45) is 2.01. The van der Waals surface area contributed by atoms with Crippen molar-refractivity contribution in [1.82, 2.24) is 9.47 Å². The van der Waals surface area contributed by atoms with Crippen LogP contribution in [0.15, 0.2) is 29.2 Å². The molecule has 0 unspecified atom stereocenters. The molecule has 2 heterocycles. The Labute approximate surface area is 111 Å². The molecular formula is C12H16N2O4S. The SMILES string of the molecule is CN(C(=O)Cn1ccccc1=O)[C@@H]1CCS(=O)(=O)C1. The number of carbonyl (C=O) groups excluding carboxylic acids is 1. The molecule has 0 saturated carbocycles. The molecule has 0 spiro atoms. The van der Waals surface area contributed by atoms with Crippen LogP contribution in [0.25, 0.3) is 0 Å². The van der Waals surface area contributed by atoms with Gasteiger partial charge in [0.1, 0.15) is 6.54 Å². The Kier molecular flexibility index (Phi) is 3.75. The van der Waals surface area contributed by atoms with Crippen molar-refractivity contribution >= 4 is 15.7 Å². The minimum absolute atomic E-state index is 0.0128. The van der Waals surface area contributed by atoms with Crippen molar-refractivity contribution in [1.29, 1.82) is 0 Å². The van der Waals surface area contributed by atoms with Gasteiger partial charge in [0.25, 0.3) is 5.56 Å². The standard InChI is InChI=1S/C12H16N2O4S/c1-13(10-5-7-19(17,18)9-10)12(16)8-14-6-3-2-4-11(14)15/h2-4,6,10H,5,7-9H2,1H3/t10-/m1/s1. The lowest BCUT2D eigenvalue weighted by Crippen LogP contribution is -2.41. The highest BCUT2D eigenvalue weighted by Crippen LogP contribution is 2.16. The van der Waals surface area contributed by atoms with Gasteiger partial charge in [0.15, 0.2) is 9.84 Å². The second kappa shape index (κ2) is 5.16. The number of nitrogens with zero attached hydrogens (tertiary/aromatic N) is 2. The summed E-state index contributed by atoms with van der Waals surface area (Å²) in [4.78, 5) is 25.0. The smallest absolute Gasteiger partial charge is 0.250 e. The Bertz CT molecular complexity index is 635. The Hall–Kier alpha value is -1.63. The van der Waals surface area contributed by atoms with Crippen molar-refractivity contribution in [3.05, 3.63) is 34.7 Å². The van der Waals surface area contributed by atoms with Crippen LogP contribution in [0.5, 0.6) is 0 Å². The van der Waals surface area contributed by atoms with E-state index in [1.165, 1.54) is 15.5 Å². The molecular weight excluding hydrogens is 268 g/mol. The highest BCUT2D eigenvalue weighted by atomic mass is 32.2. The maximum atomic E-state index is 12.0. The molecule has 0 radical (unpaired) electrons. The van der Waals surface area contributed by atoms with Crippen molar-refractivity contribution in [2.75, 3.05) is 18.6 Å². The van der Waals surface area contributed by atoms with E-state index >= 15 is 0 Å². The van der Waals surface area contributed by atoms with E-state index in [1.54, 1.807) is 25.4 Å². The van der Waals surface area contributed by atoms with Gasteiger partial charge in [0, 0.05) is 25.4 Å². The zero-order chi connectivity index (χ0) is 14.0. The predicted octanol–water partition coefficient (Wildman–Crippen LogP) is -0.506. The molecule has 1 saturated heterocycles. The number of hydrogen-bond donors (Lipinski definition) is 0. The van der Waals surface area contributed by atoms with Crippen molar-refractivity contribution in [2.24, 2.45) is 0 Å². The molecule has 1 aliphatic heterocycles. The van der Waals surface area contributed by atoms with Gasteiger partial charge in [-0.3, -0.25) is 9.59 Å². The molecule has 19 heavy (non-hydrogen) atoms. The van der Waals surface area contributed by atoms with Crippen LogP contribution in [0.2, 0.25) is 0 Å². The summed E-state index contributed by atoms with van der Waals surface area (Å²) < 4.78 is 24.1. The molecule has 104 valence electrons. The number of likely N-dealkylation sites (N-methyl/N-ethyl adjacent to an activating group) is 1. The molecule has 1 aromatic heterocycles. The van der Waals surface area contributed by atoms with E-state index in [-0.39, 0.29) is 35.6 Å². The normalized spacial score (nSPS) is 21.2. The van der Waals surface area contributed by atoms with Gasteiger partial charge in [-0.2, -0.15) is 0 Å². The van der Waals surface area contributed by atoms with Crippen LogP contribution in [-0.4, -0.2) is 48.4 Å². The number of rotatable bonds is 3. The van der Waals surface area contributed by atoms with Gasteiger partial charge in [0.05, 0.1) is 11.5 Å². The van der Waals surface area contributed by atoms with Gasteiger partial charge in [-0.1, -0.05) is 6.07 Å². The minimum atomic E-state index is -3.02. The molecule has 1 aliphatic rings. The van der Waals surface area contributed by atoms with Crippen molar-refractivity contribution in [3.8, 4) is 0 Å². The van der Waals surface area contributed by atoms with Crippen LogP contribution in [-0.2, 0) is 21.2 Å². The first-order chi connectivity index (χ1) is 8.89. The van der Waals surface area contributed by atoms with Crippen LogP contribution in [0.1, 0.15) is 6.42 Å². The maximum Gasteiger partial charge on any atom is 0.250 e. The topological polar surface area (TPSA) is 76.5 Å². The monoisotopic (exact) mass is 284 g/mol. The number of hydrogen-bond acceptors (Lipinski definition) is 4. The minimum Gasteiger partial charge on any atom is -0.340 e. The first-order valence-corrected chi connectivity index (χ1v) is 7.83. The fraction of sp³-hybridized carbons (Fsp3) is 0.500. The van der Waals surface area contributed by atoms with Crippen LogP contribution in [0, 0.1) is 0 Å². The van der Waals surface area contributed by atoms with Crippen molar-refractivity contribution in [2.45, 2.75) is 19.0 Å². The van der Waals surface area contributed by atoms with Gasteiger partial charge >= 0.3 is 0 Å². The molecule has 1 amide bonds. The van der Waals surface area contributed by atoms with Crippen molar-refractivity contribution < 1.29 is 13.2 Å². The Morgan fingerprint density at radius 2 is 2.21 bits per heavy atom. The van der Waals surface area contributed by atoms with E-state index in [1.807, 2.05) is 0 Å². The second-order valence-corrected chi connectivity index (χ2v) is 6.96. The molecule has 2 rings (SSSR count). The van der Waals surface area contributed by atoms with Crippen LogP contribution in [0.3, 0.4) is 0 Å². The van der Waals surface area contributed by atoms with Crippen LogP contribution < -0.4 is 5.56 Å². The van der Waals surface area contributed by atoms with Gasteiger partial charge in [0.2, 0.25) is 5.91 Å². The molecule has 0 aromatic carbocycles. The largest absolute Gasteiger partial charge is 0.340 e. The first kappa shape index (κ1) is 13.8. The van der Waals surface area contributed by atoms with Gasteiger partial charge in [-0.25, -0.2) is 8.42 Å². The van der Waals surface area contributed by atoms with Gasteiger partial charge < -0.3 is 9.47 Å². The zero-order valence-corrected chi connectivity index (χ0v) is 11.5. The van der Waals surface area contributed by atoms with E-state index in [0.717, 1.165) is 0 Å². The summed E-state index contributed by atoms with van der Waals surface area (Å²) in [6, 6.07) is 4.38. The molecule has 1 fully saturated rings. The fourth-order valence-corrected chi connectivity index (χ4v) is 3.91. The third-order valence-corrected chi connectivity index (χ3v) is 5.10. The highest BCUT2D eigenvalue weighted by Gasteiger charge is 2.32. The number of aromatic nitrogens is 1. The molecule has 7 heteroatoms. The molecule has 1 aromatic rings. The summed E-state index contributed by atoms with van der Waals surface area (Å²) in [5.74, 6) is -0.116. The average molecular weight is 284 g/mol. The summed E-state index contributed by atoms with van der Waals surface area (Å²) in [6.45, 7) is -0.0628. The van der Waals surface area contributed by atoms with Crippen molar-refractivity contribution in [3.63, 3.8) is 0 Å². The van der Waals surface area contributed by atoms with Gasteiger partial charge in [-0.05, 0) is 12.5 Å². The highest BCUT2D eigenvalue weighted by molar-refractivity contribution is 7.91. The lowest BCUT2D eigenvalue weighted by atomic mass is 10.2. The fourth-order valence-electron chi connectivity index (χ4n) is 2.13. The summed E-state index contributed by atoms with van der Waals surface area (Å²) in [7, 11) is -1.43. The molecule has 0 bridgehead atoms. The number of carbonyl (C=O) groups is 1. The van der Waals surface area contributed by atoms with Crippen LogP contribution in [0.4, 0.5) is 0 Å². The molecule has 1 atom stereocenters. The van der Waals surface area contributed by atoms with E-state index in [4.69, 9.17) is 0 Å². The Morgan fingerprint density at radius 1 is 1.47 bits per heavy atom. The third kappa shape index (κ3) is 3.23. The molecule has 0 aliphatic carbocycles. The van der Waals surface area contributed by atoms with E-state index in [2.05, 4.69) is 0 Å². The summed E-state index contributed by atoms with van der Waals surface area (Å²) in [5.41, 5.74) is -0.247. The van der Waals surface area contributed by atoms with E-state index in [9.17, 15) is 18.0 Å². The molecule has 6 nitrogen and oxygen atoms in total. The second-order valence-electron chi connectivity index (χ2n) is 4.73. The van der Waals surface area contributed by atoms with E-state index in [0.29, 0.717) is 6.42 Å². The lowest BCUT2D eigenvalue weighted by molar-refractivity contribution is -0.132. The summed E-state index contributed by atoms with van der Waals surface area (Å²) >= 11 is 0. The van der Waals surface area contributed by atoms with Gasteiger partial charge in [-0.15, -0.1) is 0 Å². The van der Waals surface area contributed by atoms with Crippen LogP contribution >= 0.6 is 0 Å². The Morgan fingerprint density at radius 3 is 2.79 bits per heavy atom. The number of pyridine rings is 1. The number of amides is 1. The Balaban J connectivity index is 2.05. The lowest BCUT2D eigenvalue weighted by Gasteiger charge is -2.23. The third-order valence-electron chi connectivity index (χ3n) is 3.35. The first-order valence-electron chi connectivity index (χ1n) is 6.00. The maximum absolute atomic E-state index is 12.0. The predicted molar refractivity (Wildman–Crippen MR) is 70.5 cm³/mol. The zero-order valence-electron chi connectivity index (χ0n) is 10.7.